The van der Waals surface area contributed by atoms with Crippen LogP contribution in [0.1, 0.15) is 83.3 Å². The number of nitrogens with zero attached hydrogens (tertiary/aromatic N) is 2. The number of piperazine rings is 1. The van der Waals surface area contributed by atoms with Gasteiger partial charge in [0, 0.05) is 38.0 Å². The van der Waals surface area contributed by atoms with E-state index in [2.05, 4.69) is 21.3 Å². The summed E-state index contributed by atoms with van der Waals surface area (Å²) < 4.78 is 36.6. The normalized spacial score (nSPS) is 22.6. The van der Waals surface area contributed by atoms with Gasteiger partial charge in [0.25, 0.3) is 0 Å². The fraction of sp³-hybridized carbons (Fsp3) is 0.614. The van der Waals surface area contributed by atoms with Gasteiger partial charge in [-0.1, -0.05) is 49.9 Å². The molecule has 6 atom stereocenters. The predicted molar refractivity (Wildman–Crippen MR) is 220 cm³/mol. The Balaban J connectivity index is 0.000000272. The fourth-order valence-corrected chi connectivity index (χ4v) is 8.28. The minimum Gasteiger partial charge on any atom is -0.468 e. The fourth-order valence-electron chi connectivity index (χ4n) is 8.28. The molecule has 1 saturated heterocycles. The lowest BCUT2D eigenvalue weighted by molar-refractivity contribution is -0.148. The van der Waals surface area contributed by atoms with E-state index in [0.29, 0.717) is 37.0 Å². The molecule has 2 aliphatic carbocycles. The van der Waals surface area contributed by atoms with Crippen molar-refractivity contribution >= 4 is 29.8 Å². The lowest BCUT2D eigenvalue weighted by atomic mass is 9.84. The molecular formula is C44H64F2N6O7. The molecule has 1 heterocycles. The van der Waals surface area contributed by atoms with Gasteiger partial charge in [-0.3, -0.25) is 19.2 Å². The third-order valence-corrected chi connectivity index (χ3v) is 11.3. The summed E-state index contributed by atoms with van der Waals surface area (Å²) in [5.41, 5.74) is 0.758. The van der Waals surface area contributed by atoms with Gasteiger partial charge in [0.15, 0.2) is 0 Å². The average Bonchev–Trinajstić information content (AvgIpc) is 3.20. The van der Waals surface area contributed by atoms with Crippen LogP contribution in [-0.2, 0) is 41.5 Å². The summed E-state index contributed by atoms with van der Waals surface area (Å²) in [4.78, 5) is 66.5. The number of nitrogens with one attached hydrogen (secondary N) is 4. The smallest absolute Gasteiger partial charge is 0.408 e. The number of halogens is 2. The van der Waals surface area contributed by atoms with Crippen molar-refractivity contribution in [1.29, 1.82) is 0 Å². The van der Waals surface area contributed by atoms with Gasteiger partial charge in [0.1, 0.15) is 35.9 Å². The van der Waals surface area contributed by atoms with Gasteiger partial charge in [-0.05, 0) is 108 Å². The van der Waals surface area contributed by atoms with Gasteiger partial charge in [-0.15, -0.1) is 0 Å². The number of methoxy groups -OCH3 is 1. The Kier molecular flexibility index (Phi) is 18.1. The zero-order chi connectivity index (χ0) is 43.1. The molecule has 326 valence electrons. The highest BCUT2D eigenvalue weighted by Gasteiger charge is 2.36. The first-order valence-electron chi connectivity index (χ1n) is 20.9. The van der Waals surface area contributed by atoms with Crippen molar-refractivity contribution in [2.24, 2.45) is 11.8 Å². The Morgan fingerprint density at radius 3 is 1.95 bits per heavy atom. The van der Waals surface area contributed by atoms with Crippen LogP contribution in [0.5, 0.6) is 0 Å². The van der Waals surface area contributed by atoms with Gasteiger partial charge in [0.05, 0.1) is 13.7 Å². The van der Waals surface area contributed by atoms with E-state index in [0.717, 1.165) is 44.1 Å². The molecule has 2 aromatic carbocycles. The molecule has 4 amide bonds. The number of hydrogen-bond donors (Lipinski definition) is 4. The number of rotatable bonds is 14. The van der Waals surface area contributed by atoms with E-state index >= 15 is 0 Å². The molecule has 2 saturated carbocycles. The molecule has 4 N–H and O–H groups in total. The van der Waals surface area contributed by atoms with Crippen LogP contribution in [0.2, 0.25) is 0 Å². The minimum absolute atomic E-state index is 0.0376. The summed E-state index contributed by atoms with van der Waals surface area (Å²) in [6.07, 6.45) is 8.45. The van der Waals surface area contributed by atoms with Crippen LogP contribution >= 0.6 is 0 Å². The Bertz CT molecular complexity index is 1690. The van der Waals surface area contributed by atoms with Gasteiger partial charge >= 0.3 is 12.1 Å². The lowest BCUT2D eigenvalue weighted by Crippen LogP contribution is -2.60. The van der Waals surface area contributed by atoms with Crippen LogP contribution in [0.4, 0.5) is 13.6 Å². The molecular weight excluding hydrogens is 763 g/mol. The summed E-state index contributed by atoms with van der Waals surface area (Å²) >= 11 is 0. The first-order chi connectivity index (χ1) is 28.1. The van der Waals surface area contributed by atoms with E-state index in [9.17, 15) is 32.8 Å². The van der Waals surface area contributed by atoms with E-state index in [1.807, 2.05) is 14.1 Å². The molecule has 59 heavy (non-hydrogen) atoms. The van der Waals surface area contributed by atoms with Gasteiger partial charge in [-0.25, -0.2) is 13.6 Å². The second kappa shape index (κ2) is 22.7. The SMILES string of the molecule is CN[C@@H]1CCCC[C@H]1CN(CC(=O)OC)C(=O)[C@H](Cc1ccc(F)cc1)NC(=O)OC(C)(C)C.CN[C@@H]1CCCC[C@H]1CN1CC(=O)N[C@@H](Cc2ccc(F)cc2)C1=O. The molecule has 0 aromatic heterocycles. The van der Waals surface area contributed by atoms with E-state index in [1.54, 1.807) is 49.9 Å². The summed E-state index contributed by atoms with van der Waals surface area (Å²) in [6.45, 7) is 6.08. The summed E-state index contributed by atoms with van der Waals surface area (Å²) in [5, 5.41) is 12.1. The molecule has 0 bridgehead atoms. The molecule has 2 aromatic rings. The minimum atomic E-state index is -0.999. The van der Waals surface area contributed by atoms with Crippen molar-refractivity contribution in [3.05, 3.63) is 71.3 Å². The van der Waals surface area contributed by atoms with E-state index in [-0.39, 0.29) is 49.1 Å². The van der Waals surface area contributed by atoms with Crippen LogP contribution < -0.4 is 21.3 Å². The molecule has 3 aliphatic rings. The van der Waals surface area contributed by atoms with Crippen molar-refractivity contribution in [2.75, 3.05) is 47.4 Å². The highest BCUT2D eigenvalue weighted by atomic mass is 19.1. The quantitative estimate of drug-likeness (QED) is 0.201. The zero-order valence-corrected chi connectivity index (χ0v) is 35.5. The van der Waals surface area contributed by atoms with Crippen LogP contribution in [-0.4, -0.2) is 117 Å². The number of carbonyl (C=O) groups excluding carboxylic acids is 5. The molecule has 1 aliphatic heterocycles. The largest absolute Gasteiger partial charge is 0.468 e. The Hall–Kier alpha value is -4.63. The highest BCUT2D eigenvalue weighted by molar-refractivity contribution is 5.95. The van der Waals surface area contributed by atoms with E-state index < -0.39 is 41.5 Å². The van der Waals surface area contributed by atoms with Gasteiger partial charge in [-0.2, -0.15) is 0 Å². The molecule has 5 rings (SSSR count). The first-order valence-corrected chi connectivity index (χ1v) is 20.9. The Morgan fingerprint density at radius 2 is 1.39 bits per heavy atom. The molecule has 0 spiro atoms. The summed E-state index contributed by atoms with van der Waals surface area (Å²) in [5.74, 6) is -1.26. The maximum atomic E-state index is 13.7. The molecule has 13 nitrogen and oxygen atoms in total. The van der Waals surface area contributed by atoms with E-state index in [4.69, 9.17) is 9.47 Å². The average molecular weight is 827 g/mol. The molecule has 15 heteroatoms. The number of carbonyl (C=O) groups is 5. The standard InChI is InChI=1S/C25H38FN3O5.C19H26FN3O2/c1-25(2,3)34-24(32)28-21(14-17-10-12-19(26)13-11-17)23(31)29(16-22(30)33-5)15-18-8-6-7-9-20(18)27-4;1-21-16-5-3-2-4-14(16)11-23-12-18(24)22-17(19(23)25)10-13-6-8-15(20)9-7-13/h10-13,18,20-21,27H,6-9,14-16H2,1-5H3,(H,28,32);6-9,14,16-17,21H,2-5,10-12H2,1H3,(H,22,24)/t18-,20+,21-;14-,16+,17-/m00/s1. The highest BCUT2D eigenvalue weighted by Crippen LogP contribution is 2.27. The van der Waals surface area contributed by atoms with Gasteiger partial charge in [0.2, 0.25) is 17.7 Å². The lowest BCUT2D eigenvalue weighted by Gasteiger charge is -2.38. The number of ether oxygens (including phenoxy) is 2. The molecule has 0 radical (unpaired) electrons. The topological polar surface area (TPSA) is 158 Å². The van der Waals surface area contributed by atoms with Crippen LogP contribution in [0, 0.1) is 23.5 Å². The molecule has 3 fully saturated rings. The van der Waals surface area contributed by atoms with Crippen molar-refractivity contribution in [3.8, 4) is 0 Å². The Labute approximate surface area is 347 Å². The zero-order valence-electron chi connectivity index (χ0n) is 35.5. The monoisotopic (exact) mass is 826 g/mol. The van der Waals surface area contributed by atoms with Crippen LogP contribution in [0.15, 0.2) is 48.5 Å². The first kappa shape index (κ1) is 47.1. The second-order valence-electron chi connectivity index (χ2n) is 16.9. The maximum Gasteiger partial charge on any atom is 0.408 e. The number of benzene rings is 2. The summed E-state index contributed by atoms with van der Waals surface area (Å²) in [7, 11) is 5.14. The Morgan fingerprint density at radius 1 is 0.847 bits per heavy atom. The third kappa shape index (κ3) is 15.2. The molecule has 0 unspecified atom stereocenters. The van der Waals surface area contributed by atoms with Crippen molar-refractivity contribution in [3.63, 3.8) is 0 Å². The predicted octanol–water partition coefficient (Wildman–Crippen LogP) is 4.51. The van der Waals surface area contributed by atoms with Crippen molar-refractivity contribution in [1.82, 2.24) is 31.1 Å². The second-order valence-corrected chi connectivity index (χ2v) is 16.9. The third-order valence-electron chi connectivity index (χ3n) is 11.3. The van der Waals surface area contributed by atoms with Crippen molar-refractivity contribution < 1.29 is 42.2 Å². The van der Waals surface area contributed by atoms with Crippen LogP contribution in [0.3, 0.4) is 0 Å². The number of alkyl carbamates (subject to hydrolysis) is 1. The number of amides is 4. The van der Waals surface area contributed by atoms with Gasteiger partial charge < -0.3 is 40.5 Å². The van der Waals surface area contributed by atoms with Crippen molar-refractivity contribution in [2.45, 2.75) is 115 Å². The maximum absolute atomic E-state index is 13.7. The number of hydrogen-bond acceptors (Lipinski definition) is 9. The van der Waals surface area contributed by atoms with E-state index in [1.165, 1.54) is 49.1 Å². The number of esters is 1. The summed E-state index contributed by atoms with van der Waals surface area (Å²) in [6, 6.07) is 10.9. The van der Waals surface area contributed by atoms with Crippen LogP contribution in [0.25, 0.3) is 0 Å².